The maximum atomic E-state index is 12.7. The number of carbonyl (C=O) groups excluding carboxylic acids is 2. The molecule has 1 atom stereocenters. The molecule has 126 valence electrons. The summed E-state index contributed by atoms with van der Waals surface area (Å²) < 4.78 is 22.7. The van der Waals surface area contributed by atoms with Crippen LogP contribution in [0.4, 0.5) is 4.39 Å². The fourth-order valence-corrected chi connectivity index (χ4v) is 1.97. The molecule has 0 radical (unpaired) electrons. The van der Waals surface area contributed by atoms with Gasteiger partial charge in [-0.2, -0.15) is 0 Å². The van der Waals surface area contributed by atoms with Crippen LogP contribution in [0.15, 0.2) is 54.6 Å². The van der Waals surface area contributed by atoms with E-state index in [1.54, 1.807) is 0 Å². The molecule has 0 saturated heterocycles. The van der Waals surface area contributed by atoms with Crippen LogP contribution in [0.3, 0.4) is 0 Å². The maximum absolute atomic E-state index is 12.7. The van der Waals surface area contributed by atoms with E-state index in [1.165, 1.54) is 24.3 Å². The highest BCUT2D eigenvalue weighted by Crippen LogP contribution is 2.11. The van der Waals surface area contributed by atoms with Crippen molar-refractivity contribution in [3.8, 4) is 5.75 Å². The minimum Gasteiger partial charge on any atom is -0.482 e. The third-order valence-electron chi connectivity index (χ3n) is 3.21. The molecule has 0 aliphatic carbocycles. The molecule has 2 rings (SSSR count). The first-order valence-electron chi connectivity index (χ1n) is 7.43. The molecule has 0 heterocycles. The molecule has 0 unspecified atom stereocenters. The first-order chi connectivity index (χ1) is 11.5. The lowest BCUT2D eigenvalue weighted by atomic mass is 10.1. The standard InChI is InChI=1S/C18H18FNO4/c1-13(14-5-3-2-4-6-14)20-17(21)11-24-18(22)12-23-16-9-7-15(19)8-10-16/h2-10,13H,11-12H2,1H3,(H,20,21)/t13-/m0/s1. The Bertz CT molecular complexity index is 673. The molecular weight excluding hydrogens is 313 g/mol. The van der Waals surface area contributed by atoms with Gasteiger partial charge in [0.2, 0.25) is 0 Å². The molecule has 0 aliphatic heterocycles. The molecule has 0 aliphatic rings. The minimum absolute atomic E-state index is 0.187. The second-order valence-corrected chi connectivity index (χ2v) is 5.10. The Balaban J connectivity index is 1.69. The molecular formula is C18H18FNO4. The summed E-state index contributed by atoms with van der Waals surface area (Å²) >= 11 is 0. The van der Waals surface area contributed by atoms with Gasteiger partial charge < -0.3 is 14.8 Å². The van der Waals surface area contributed by atoms with Crippen molar-refractivity contribution in [3.05, 3.63) is 66.0 Å². The monoisotopic (exact) mass is 331 g/mol. The SMILES string of the molecule is C[C@H](NC(=O)COC(=O)COc1ccc(F)cc1)c1ccccc1. The highest BCUT2D eigenvalue weighted by atomic mass is 19.1. The van der Waals surface area contributed by atoms with E-state index < -0.39 is 17.7 Å². The van der Waals surface area contributed by atoms with Crippen molar-refractivity contribution in [2.45, 2.75) is 13.0 Å². The summed E-state index contributed by atoms with van der Waals surface area (Å²) in [6.45, 7) is 1.10. The number of nitrogens with one attached hydrogen (secondary N) is 1. The van der Waals surface area contributed by atoms with Crippen LogP contribution in [-0.2, 0) is 14.3 Å². The lowest BCUT2D eigenvalue weighted by Crippen LogP contribution is -2.31. The number of hydrogen-bond donors (Lipinski definition) is 1. The van der Waals surface area contributed by atoms with E-state index in [4.69, 9.17) is 9.47 Å². The van der Waals surface area contributed by atoms with Crippen molar-refractivity contribution in [2.24, 2.45) is 0 Å². The number of hydrogen-bond acceptors (Lipinski definition) is 4. The van der Waals surface area contributed by atoms with Gasteiger partial charge in [-0.15, -0.1) is 0 Å². The highest BCUT2D eigenvalue weighted by Gasteiger charge is 2.12. The Labute approximate surface area is 139 Å². The van der Waals surface area contributed by atoms with Crippen LogP contribution in [0.1, 0.15) is 18.5 Å². The number of esters is 1. The first-order valence-corrected chi connectivity index (χ1v) is 7.43. The van der Waals surface area contributed by atoms with Gasteiger partial charge >= 0.3 is 5.97 Å². The smallest absolute Gasteiger partial charge is 0.344 e. The summed E-state index contributed by atoms with van der Waals surface area (Å²) in [6, 6.07) is 14.5. The van der Waals surface area contributed by atoms with E-state index in [-0.39, 0.29) is 19.3 Å². The van der Waals surface area contributed by atoms with E-state index in [0.29, 0.717) is 5.75 Å². The molecule has 0 fully saturated rings. The molecule has 0 spiro atoms. The van der Waals surface area contributed by atoms with Crippen molar-refractivity contribution >= 4 is 11.9 Å². The van der Waals surface area contributed by atoms with Gasteiger partial charge in [0.05, 0.1) is 6.04 Å². The van der Waals surface area contributed by atoms with Crippen LogP contribution >= 0.6 is 0 Å². The van der Waals surface area contributed by atoms with Gasteiger partial charge in [-0.25, -0.2) is 9.18 Å². The Morgan fingerprint density at radius 3 is 2.38 bits per heavy atom. The first kappa shape index (κ1) is 17.5. The van der Waals surface area contributed by atoms with Crippen LogP contribution in [-0.4, -0.2) is 25.1 Å². The Morgan fingerprint density at radius 1 is 1.04 bits per heavy atom. The number of benzene rings is 2. The number of amides is 1. The van der Waals surface area contributed by atoms with Crippen molar-refractivity contribution in [1.29, 1.82) is 0 Å². The topological polar surface area (TPSA) is 64.6 Å². The summed E-state index contributed by atoms with van der Waals surface area (Å²) in [5, 5.41) is 2.73. The average Bonchev–Trinajstić information content (AvgIpc) is 2.60. The van der Waals surface area contributed by atoms with Crippen LogP contribution < -0.4 is 10.1 Å². The van der Waals surface area contributed by atoms with Gasteiger partial charge in [-0.1, -0.05) is 30.3 Å². The normalized spacial score (nSPS) is 11.4. The molecule has 2 aromatic carbocycles. The fraction of sp³-hybridized carbons (Fsp3) is 0.222. The second-order valence-electron chi connectivity index (χ2n) is 5.10. The maximum Gasteiger partial charge on any atom is 0.344 e. The van der Waals surface area contributed by atoms with Gasteiger partial charge in [0.15, 0.2) is 13.2 Å². The van der Waals surface area contributed by atoms with Crippen molar-refractivity contribution in [2.75, 3.05) is 13.2 Å². The molecule has 5 nitrogen and oxygen atoms in total. The van der Waals surface area contributed by atoms with E-state index in [9.17, 15) is 14.0 Å². The quantitative estimate of drug-likeness (QED) is 0.792. The minimum atomic E-state index is -0.679. The van der Waals surface area contributed by atoms with Crippen molar-refractivity contribution < 1.29 is 23.5 Å². The molecule has 1 amide bonds. The third-order valence-corrected chi connectivity index (χ3v) is 3.21. The molecule has 24 heavy (non-hydrogen) atoms. The van der Waals surface area contributed by atoms with Crippen LogP contribution in [0.25, 0.3) is 0 Å². The van der Waals surface area contributed by atoms with Crippen molar-refractivity contribution in [3.63, 3.8) is 0 Å². The van der Waals surface area contributed by atoms with Gasteiger partial charge in [0, 0.05) is 0 Å². The summed E-state index contributed by atoms with van der Waals surface area (Å²) in [6.07, 6.45) is 0. The van der Waals surface area contributed by atoms with Crippen LogP contribution in [0.5, 0.6) is 5.75 Å². The summed E-state index contributed by atoms with van der Waals surface area (Å²) in [5.74, 6) is -1.13. The fourth-order valence-electron chi connectivity index (χ4n) is 1.97. The zero-order valence-corrected chi connectivity index (χ0v) is 13.2. The van der Waals surface area contributed by atoms with Crippen LogP contribution in [0.2, 0.25) is 0 Å². The second kappa shape index (κ2) is 8.67. The highest BCUT2D eigenvalue weighted by molar-refractivity contribution is 5.81. The molecule has 1 N–H and O–H groups in total. The largest absolute Gasteiger partial charge is 0.482 e. The van der Waals surface area contributed by atoms with Crippen LogP contribution in [0, 0.1) is 5.82 Å². The number of ether oxygens (including phenoxy) is 2. The number of rotatable bonds is 7. The zero-order chi connectivity index (χ0) is 17.4. The summed E-state index contributed by atoms with van der Waals surface area (Å²) in [5.41, 5.74) is 0.955. The number of halogens is 1. The van der Waals surface area contributed by atoms with Gasteiger partial charge in [-0.05, 0) is 36.8 Å². The molecule has 0 saturated carbocycles. The molecule has 0 aromatic heterocycles. The molecule has 0 bridgehead atoms. The average molecular weight is 331 g/mol. The third kappa shape index (κ3) is 5.72. The molecule has 6 heteroatoms. The number of carbonyl (C=O) groups is 2. The Kier molecular flexibility index (Phi) is 6.31. The van der Waals surface area contributed by atoms with E-state index in [1.807, 2.05) is 37.3 Å². The zero-order valence-electron chi connectivity index (χ0n) is 13.2. The van der Waals surface area contributed by atoms with Gasteiger partial charge in [0.1, 0.15) is 11.6 Å². The Hall–Kier alpha value is -2.89. The summed E-state index contributed by atoms with van der Waals surface area (Å²) in [7, 11) is 0. The lowest BCUT2D eigenvalue weighted by Gasteiger charge is -2.14. The van der Waals surface area contributed by atoms with Crippen molar-refractivity contribution in [1.82, 2.24) is 5.32 Å². The molecule has 2 aromatic rings. The van der Waals surface area contributed by atoms with E-state index in [2.05, 4.69) is 5.32 Å². The van der Waals surface area contributed by atoms with Gasteiger partial charge in [-0.3, -0.25) is 4.79 Å². The predicted octanol–water partition coefficient (Wildman–Crippen LogP) is 2.63. The lowest BCUT2D eigenvalue weighted by molar-refractivity contribution is -0.150. The Morgan fingerprint density at radius 2 is 1.71 bits per heavy atom. The predicted molar refractivity (Wildman–Crippen MR) is 85.9 cm³/mol. The van der Waals surface area contributed by atoms with Gasteiger partial charge in [0.25, 0.3) is 5.91 Å². The van der Waals surface area contributed by atoms with E-state index in [0.717, 1.165) is 5.56 Å². The summed E-state index contributed by atoms with van der Waals surface area (Å²) in [4.78, 5) is 23.3. The van der Waals surface area contributed by atoms with E-state index >= 15 is 0 Å².